The lowest BCUT2D eigenvalue weighted by molar-refractivity contribution is -0.121. The second kappa shape index (κ2) is 5.45. The lowest BCUT2D eigenvalue weighted by atomic mass is 10.3. The average Bonchev–Trinajstić information content (AvgIpc) is 2.18. The number of aromatic nitrogens is 3. The van der Waals surface area contributed by atoms with Crippen LogP contribution in [0.5, 0.6) is 0 Å². The van der Waals surface area contributed by atoms with Crippen molar-refractivity contribution in [3.05, 3.63) is 11.5 Å². The number of carbonyl (C=O) groups is 1. The number of hydrogen-bond acceptors (Lipinski definition) is 5. The summed E-state index contributed by atoms with van der Waals surface area (Å²) in [6, 6.07) is -0.391. The molecule has 0 spiro atoms. The zero-order chi connectivity index (χ0) is 11.3. The first kappa shape index (κ1) is 11.6. The Labute approximate surface area is 92.4 Å². The molecule has 1 atom stereocenters. The van der Waals surface area contributed by atoms with Gasteiger partial charge in [0.25, 0.3) is 0 Å². The van der Waals surface area contributed by atoms with Crippen molar-refractivity contribution in [2.75, 3.05) is 11.9 Å². The van der Waals surface area contributed by atoms with Crippen molar-refractivity contribution >= 4 is 23.3 Å². The molecule has 0 aliphatic heterocycles. The molecule has 0 bridgehead atoms. The molecule has 1 amide bonds. The first-order valence-corrected chi connectivity index (χ1v) is 4.90. The molecule has 6 nitrogen and oxygen atoms in total. The fourth-order valence-electron chi connectivity index (χ4n) is 0.966. The Kier molecular flexibility index (Phi) is 4.23. The number of carbonyl (C=O) groups excluding carboxylic acids is 1. The predicted octanol–water partition coefficient (Wildman–Crippen LogP) is 0.461. The smallest absolute Gasteiger partial charge is 0.244 e. The van der Waals surface area contributed by atoms with Gasteiger partial charge >= 0.3 is 0 Å². The first-order valence-electron chi connectivity index (χ1n) is 4.53. The molecule has 0 saturated heterocycles. The molecule has 1 aromatic rings. The number of hydrogen-bond donors (Lipinski definition) is 2. The maximum Gasteiger partial charge on any atom is 0.244 e. The first-order chi connectivity index (χ1) is 7.13. The molecule has 1 aromatic heterocycles. The van der Waals surface area contributed by atoms with Crippen LogP contribution in [0.1, 0.15) is 13.8 Å². The largest absolute Gasteiger partial charge is 0.357 e. The number of amides is 1. The van der Waals surface area contributed by atoms with E-state index >= 15 is 0 Å². The van der Waals surface area contributed by atoms with Crippen LogP contribution in [0.4, 0.5) is 5.82 Å². The predicted molar refractivity (Wildman–Crippen MR) is 56.6 cm³/mol. The van der Waals surface area contributed by atoms with E-state index in [-0.39, 0.29) is 11.2 Å². The van der Waals surface area contributed by atoms with Crippen LogP contribution in [0.25, 0.3) is 0 Å². The van der Waals surface area contributed by atoms with Crippen molar-refractivity contribution in [1.29, 1.82) is 0 Å². The second-order valence-corrected chi connectivity index (χ2v) is 3.21. The number of nitrogens with one attached hydrogen (secondary N) is 2. The molecule has 82 valence electrons. The van der Waals surface area contributed by atoms with E-state index in [1.807, 2.05) is 6.92 Å². The number of nitrogens with zero attached hydrogens (tertiary/aromatic N) is 3. The van der Waals surface area contributed by atoms with Crippen molar-refractivity contribution in [3.63, 3.8) is 0 Å². The summed E-state index contributed by atoms with van der Waals surface area (Å²) in [4.78, 5) is 15.2. The molecule has 1 rings (SSSR count). The fraction of sp³-hybridized carbons (Fsp3) is 0.500. The van der Waals surface area contributed by atoms with Gasteiger partial charge in [0.2, 0.25) is 11.2 Å². The van der Waals surface area contributed by atoms with E-state index in [9.17, 15) is 4.79 Å². The van der Waals surface area contributed by atoms with E-state index in [1.54, 1.807) is 6.92 Å². The minimum atomic E-state index is -0.391. The molecule has 0 aromatic carbocycles. The van der Waals surface area contributed by atoms with Gasteiger partial charge in [0.1, 0.15) is 6.04 Å². The van der Waals surface area contributed by atoms with E-state index in [0.717, 1.165) is 0 Å². The topological polar surface area (TPSA) is 79.8 Å². The van der Waals surface area contributed by atoms with E-state index in [0.29, 0.717) is 12.4 Å². The Morgan fingerprint density at radius 2 is 2.40 bits per heavy atom. The van der Waals surface area contributed by atoms with Crippen molar-refractivity contribution in [1.82, 2.24) is 20.5 Å². The lowest BCUT2D eigenvalue weighted by Gasteiger charge is -2.12. The summed E-state index contributed by atoms with van der Waals surface area (Å²) in [6.45, 7) is 4.17. The van der Waals surface area contributed by atoms with Crippen LogP contribution in [0.3, 0.4) is 0 Å². The molecular weight excluding hydrogens is 218 g/mol. The number of rotatable bonds is 4. The second-order valence-electron chi connectivity index (χ2n) is 2.87. The van der Waals surface area contributed by atoms with Gasteiger partial charge < -0.3 is 10.6 Å². The number of likely N-dealkylation sites (N-methyl/N-ethyl adjacent to an activating group) is 1. The van der Waals surface area contributed by atoms with Gasteiger partial charge in [-0.3, -0.25) is 4.79 Å². The summed E-state index contributed by atoms with van der Waals surface area (Å²) in [5, 5.41) is 12.7. The highest BCUT2D eigenvalue weighted by Gasteiger charge is 2.12. The number of halogens is 1. The molecule has 0 radical (unpaired) electrons. The fourth-order valence-corrected chi connectivity index (χ4v) is 1.10. The van der Waals surface area contributed by atoms with Gasteiger partial charge in [-0.25, -0.2) is 0 Å². The maximum absolute atomic E-state index is 11.4. The minimum absolute atomic E-state index is 0.0445. The van der Waals surface area contributed by atoms with E-state index in [1.165, 1.54) is 6.20 Å². The van der Waals surface area contributed by atoms with Crippen molar-refractivity contribution in [3.8, 4) is 0 Å². The lowest BCUT2D eigenvalue weighted by Crippen LogP contribution is -2.37. The molecule has 7 heteroatoms. The van der Waals surface area contributed by atoms with Gasteiger partial charge in [0.15, 0.2) is 5.82 Å². The third kappa shape index (κ3) is 3.67. The SMILES string of the molecule is CCNC(=O)C(C)Nc1cnnc(Cl)n1. The van der Waals surface area contributed by atoms with Crippen molar-refractivity contribution < 1.29 is 4.79 Å². The monoisotopic (exact) mass is 229 g/mol. The Morgan fingerprint density at radius 1 is 1.67 bits per heavy atom. The van der Waals surface area contributed by atoms with Gasteiger partial charge in [0, 0.05) is 6.54 Å². The highest BCUT2D eigenvalue weighted by Crippen LogP contribution is 2.05. The van der Waals surface area contributed by atoms with Crippen LogP contribution in [-0.4, -0.2) is 33.7 Å². The molecule has 1 unspecified atom stereocenters. The van der Waals surface area contributed by atoms with Gasteiger partial charge in [0.05, 0.1) is 6.20 Å². The molecule has 1 heterocycles. The van der Waals surface area contributed by atoms with Crippen LogP contribution < -0.4 is 10.6 Å². The third-order valence-electron chi connectivity index (χ3n) is 1.64. The van der Waals surface area contributed by atoms with Crippen LogP contribution in [0, 0.1) is 0 Å². The highest BCUT2D eigenvalue weighted by molar-refractivity contribution is 6.28. The molecule has 0 fully saturated rings. The van der Waals surface area contributed by atoms with Gasteiger partial charge in [-0.15, -0.1) is 5.10 Å². The summed E-state index contributed by atoms with van der Waals surface area (Å²) in [5.41, 5.74) is 0. The number of anilines is 1. The summed E-state index contributed by atoms with van der Waals surface area (Å²) in [5.74, 6) is 0.320. The molecule has 0 aliphatic carbocycles. The van der Waals surface area contributed by atoms with Gasteiger partial charge in [-0.2, -0.15) is 10.1 Å². The van der Waals surface area contributed by atoms with Crippen molar-refractivity contribution in [2.24, 2.45) is 0 Å². The summed E-state index contributed by atoms with van der Waals surface area (Å²) in [7, 11) is 0. The average molecular weight is 230 g/mol. The Balaban J connectivity index is 2.58. The summed E-state index contributed by atoms with van der Waals surface area (Å²) >= 11 is 5.54. The maximum atomic E-state index is 11.4. The van der Waals surface area contributed by atoms with E-state index in [4.69, 9.17) is 11.6 Å². The van der Waals surface area contributed by atoms with Crippen LogP contribution in [0.15, 0.2) is 6.20 Å². The summed E-state index contributed by atoms with van der Waals surface area (Å²) < 4.78 is 0. The Morgan fingerprint density at radius 3 is 3.00 bits per heavy atom. The van der Waals surface area contributed by atoms with Crippen LogP contribution >= 0.6 is 11.6 Å². The third-order valence-corrected chi connectivity index (χ3v) is 1.80. The highest BCUT2D eigenvalue weighted by atomic mass is 35.5. The Hall–Kier alpha value is -1.43. The summed E-state index contributed by atoms with van der Waals surface area (Å²) in [6.07, 6.45) is 1.40. The van der Waals surface area contributed by atoms with Gasteiger partial charge in [-0.1, -0.05) is 0 Å². The minimum Gasteiger partial charge on any atom is -0.357 e. The zero-order valence-electron chi connectivity index (χ0n) is 8.49. The van der Waals surface area contributed by atoms with Crippen molar-refractivity contribution in [2.45, 2.75) is 19.9 Å². The molecule has 0 saturated carbocycles. The molecule has 2 N–H and O–H groups in total. The standard InChI is InChI=1S/C8H12ClN5O/c1-3-10-7(15)5(2)12-6-4-11-14-8(9)13-6/h4-5H,3H2,1-2H3,(H,10,15)(H,12,13,14). The molecule has 15 heavy (non-hydrogen) atoms. The quantitative estimate of drug-likeness (QED) is 0.784. The Bertz CT molecular complexity index is 346. The van der Waals surface area contributed by atoms with Crippen LogP contribution in [-0.2, 0) is 4.79 Å². The molecule has 0 aliphatic rings. The van der Waals surface area contributed by atoms with E-state index in [2.05, 4.69) is 25.8 Å². The normalized spacial score (nSPS) is 11.9. The van der Waals surface area contributed by atoms with Crippen LogP contribution in [0.2, 0.25) is 5.28 Å². The molecular formula is C8H12ClN5O. The van der Waals surface area contributed by atoms with E-state index < -0.39 is 6.04 Å². The van der Waals surface area contributed by atoms with Gasteiger partial charge in [-0.05, 0) is 25.4 Å². The zero-order valence-corrected chi connectivity index (χ0v) is 9.25.